The van der Waals surface area contributed by atoms with Crippen LogP contribution in [0.25, 0.3) is 0 Å². The predicted octanol–water partition coefficient (Wildman–Crippen LogP) is 1.32. The SMILES string of the molecule is CC(C)C(=O)Nc1ncccn1.[HH]. The fraction of sp³-hybridized carbons (Fsp3) is 0.375. The van der Waals surface area contributed by atoms with Gasteiger partial charge in [-0.2, -0.15) is 0 Å². The predicted molar refractivity (Wildman–Crippen MR) is 47.6 cm³/mol. The van der Waals surface area contributed by atoms with E-state index in [1.807, 2.05) is 13.8 Å². The van der Waals surface area contributed by atoms with Gasteiger partial charge < -0.3 is 0 Å². The Bertz CT molecular complexity index is 263. The Labute approximate surface area is 72.5 Å². The summed E-state index contributed by atoms with van der Waals surface area (Å²) in [6.07, 6.45) is 3.17. The fourth-order valence-electron chi connectivity index (χ4n) is 0.618. The summed E-state index contributed by atoms with van der Waals surface area (Å²) in [4.78, 5) is 18.8. The lowest BCUT2D eigenvalue weighted by Crippen LogP contribution is -2.19. The highest BCUT2D eigenvalue weighted by Crippen LogP contribution is 1.98. The summed E-state index contributed by atoms with van der Waals surface area (Å²) in [5, 5.41) is 2.58. The van der Waals surface area contributed by atoms with Crippen molar-refractivity contribution in [2.75, 3.05) is 5.32 Å². The van der Waals surface area contributed by atoms with Gasteiger partial charge in [-0.15, -0.1) is 0 Å². The zero-order chi connectivity index (χ0) is 8.97. The first kappa shape index (κ1) is 8.64. The summed E-state index contributed by atoms with van der Waals surface area (Å²) in [7, 11) is 0. The summed E-state index contributed by atoms with van der Waals surface area (Å²) in [5.74, 6) is 0.242. The number of carbonyl (C=O) groups excluding carboxylic acids is 1. The van der Waals surface area contributed by atoms with Crippen molar-refractivity contribution >= 4 is 11.9 Å². The lowest BCUT2D eigenvalue weighted by atomic mass is 10.2. The van der Waals surface area contributed by atoms with Crippen molar-refractivity contribution in [3.8, 4) is 0 Å². The largest absolute Gasteiger partial charge is 0.294 e. The summed E-state index contributed by atoms with van der Waals surface area (Å²) in [6.45, 7) is 3.64. The van der Waals surface area contributed by atoms with Crippen LogP contribution in [0.3, 0.4) is 0 Å². The van der Waals surface area contributed by atoms with E-state index < -0.39 is 0 Å². The van der Waals surface area contributed by atoms with Gasteiger partial charge in [0.15, 0.2) is 0 Å². The molecule has 4 nitrogen and oxygen atoms in total. The van der Waals surface area contributed by atoms with Crippen LogP contribution in [0.4, 0.5) is 5.95 Å². The molecule has 0 saturated carbocycles. The van der Waals surface area contributed by atoms with Crippen LogP contribution in [0.5, 0.6) is 0 Å². The van der Waals surface area contributed by atoms with Crippen molar-refractivity contribution < 1.29 is 6.22 Å². The van der Waals surface area contributed by atoms with Gasteiger partial charge in [0, 0.05) is 19.7 Å². The number of carbonyl (C=O) groups is 1. The molecule has 0 aliphatic carbocycles. The fourth-order valence-corrected chi connectivity index (χ4v) is 0.618. The van der Waals surface area contributed by atoms with Crippen LogP contribution in [0.1, 0.15) is 15.3 Å². The number of amides is 1. The van der Waals surface area contributed by atoms with Gasteiger partial charge in [-0.1, -0.05) is 13.8 Å². The van der Waals surface area contributed by atoms with E-state index in [-0.39, 0.29) is 13.3 Å². The molecule has 12 heavy (non-hydrogen) atoms. The maximum atomic E-state index is 11.1. The van der Waals surface area contributed by atoms with E-state index in [1.54, 1.807) is 18.5 Å². The maximum Gasteiger partial charge on any atom is 0.229 e. The van der Waals surface area contributed by atoms with E-state index >= 15 is 0 Å². The van der Waals surface area contributed by atoms with Crippen LogP contribution >= 0.6 is 0 Å². The van der Waals surface area contributed by atoms with E-state index in [9.17, 15) is 4.79 Å². The van der Waals surface area contributed by atoms with Crippen molar-refractivity contribution in [3.05, 3.63) is 18.5 Å². The first-order valence-electron chi connectivity index (χ1n) is 3.78. The second kappa shape index (κ2) is 3.80. The second-order valence-corrected chi connectivity index (χ2v) is 2.72. The molecule has 0 radical (unpaired) electrons. The Hall–Kier alpha value is -1.45. The summed E-state index contributed by atoms with van der Waals surface area (Å²) in [6, 6.07) is 1.70. The lowest BCUT2D eigenvalue weighted by molar-refractivity contribution is -0.118. The molecular formula is C8H13N3O. The van der Waals surface area contributed by atoms with Crippen molar-refractivity contribution in [2.24, 2.45) is 5.92 Å². The molecule has 0 atom stereocenters. The van der Waals surface area contributed by atoms with Crippen molar-refractivity contribution in [3.63, 3.8) is 0 Å². The average Bonchev–Trinajstić information content (AvgIpc) is 2.06. The van der Waals surface area contributed by atoms with Crippen molar-refractivity contribution in [2.45, 2.75) is 13.8 Å². The molecule has 1 aromatic rings. The Balaban J connectivity index is 0.00000144. The quantitative estimate of drug-likeness (QED) is 0.722. The highest BCUT2D eigenvalue weighted by molar-refractivity contribution is 5.90. The molecule has 0 aliphatic heterocycles. The molecule has 1 amide bonds. The van der Waals surface area contributed by atoms with Gasteiger partial charge in [0.1, 0.15) is 0 Å². The van der Waals surface area contributed by atoms with Crippen LogP contribution in [-0.4, -0.2) is 15.9 Å². The lowest BCUT2D eigenvalue weighted by Gasteiger charge is -2.04. The smallest absolute Gasteiger partial charge is 0.229 e. The summed E-state index contributed by atoms with van der Waals surface area (Å²) in [5.41, 5.74) is 0. The number of aromatic nitrogens is 2. The van der Waals surface area contributed by atoms with Gasteiger partial charge in [-0.05, 0) is 6.07 Å². The highest BCUT2D eigenvalue weighted by atomic mass is 16.1. The van der Waals surface area contributed by atoms with Crippen LogP contribution < -0.4 is 5.32 Å². The van der Waals surface area contributed by atoms with Crippen molar-refractivity contribution in [1.82, 2.24) is 9.97 Å². The third-order valence-corrected chi connectivity index (χ3v) is 1.33. The number of hydrogen-bond donors (Lipinski definition) is 1. The van der Waals surface area contributed by atoms with Gasteiger partial charge in [0.2, 0.25) is 11.9 Å². The normalized spacial score (nSPS) is 9.92. The second-order valence-electron chi connectivity index (χ2n) is 2.72. The number of rotatable bonds is 2. The molecule has 0 aromatic carbocycles. The number of nitrogens with zero attached hydrogens (tertiary/aromatic N) is 2. The first-order valence-corrected chi connectivity index (χ1v) is 3.78. The molecule has 0 spiro atoms. The molecule has 1 heterocycles. The van der Waals surface area contributed by atoms with E-state index in [0.717, 1.165) is 0 Å². The molecular weight excluding hydrogens is 154 g/mol. The summed E-state index contributed by atoms with van der Waals surface area (Å²) >= 11 is 0. The monoisotopic (exact) mass is 167 g/mol. The molecule has 0 fully saturated rings. The molecule has 66 valence electrons. The molecule has 0 bridgehead atoms. The minimum atomic E-state index is -0.0683. The summed E-state index contributed by atoms with van der Waals surface area (Å²) < 4.78 is 0. The minimum Gasteiger partial charge on any atom is -0.294 e. The Kier molecular flexibility index (Phi) is 2.74. The molecule has 0 aliphatic rings. The van der Waals surface area contributed by atoms with E-state index in [4.69, 9.17) is 0 Å². The molecule has 1 aromatic heterocycles. The molecule has 1 rings (SSSR count). The van der Waals surface area contributed by atoms with Crippen LogP contribution in [0.15, 0.2) is 18.5 Å². The van der Waals surface area contributed by atoms with Crippen LogP contribution in [-0.2, 0) is 4.79 Å². The number of nitrogens with one attached hydrogen (secondary N) is 1. The van der Waals surface area contributed by atoms with E-state index in [1.165, 1.54) is 0 Å². The van der Waals surface area contributed by atoms with Crippen LogP contribution in [0, 0.1) is 5.92 Å². The standard InChI is InChI=1S/C8H11N3O.H2/c1-6(2)7(12)11-8-9-4-3-5-10-8;/h3-6H,1-2H3,(H,9,10,11,12);1H. The zero-order valence-corrected chi connectivity index (χ0v) is 7.11. The third-order valence-electron chi connectivity index (χ3n) is 1.33. The third kappa shape index (κ3) is 2.30. The Morgan fingerprint density at radius 3 is 2.58 bits per heavy atom. The molecule has 4 heteroatoms. The van der Waals surface area contributed by atoms with Gasteiger partial charge in [0.05, 0.1) is 0 Å². The molecule has 0 saturated heterocycles. The van der Waals surface area contributed by atoms with Gasteiger partial charge in [-0.3, -0.25) is 10.1 Å². The minimum absolute atomic E-state index is 0. The zero-order valence-electron chi connectivity index (χ0n) is 7.11. The van der Waals surface area contributed by atoms with Gasteiger partial charge in [-0.25, -0.2) is 9.97 Å². The maximum absolute atomic E-state index is 11.1. The Morgan fingerprint density at radius 1 is 1.50 bits per heavy atom. The van der Waals surface area contributed by atoms with E-state index in [2.05, 4.69) is 15.3 Å². The number of hydrogen-bond acceptors (Lipinski definition) is 3. The Morgan fingerprint density at radius 2 is 2.08 bits per heavy atom. The topological polar surface area (TPSA) is 54.9 Å². The average molecular weight is 167 g/mol. The van der Waals surface area contributed by atoms with Crippen molar-refractivity contribution in [1.29, 1.82) is 0 Å². The highest BCUT2D eigenvalue weighted by Gasteiger charge is 2.07. The van der Waals surface area contributed by atoms with Gasteiger partial charge in [0.25, 0.3) is 0 Å². The van der Waals surface area contributed by atoms with Crippen LogP contribution in [0.2, 0.25) is 0 Å². The van der Waals surface area contributed by atoms with Gasteiger partial charge >= 0.3 is 0 Å². The number of anilines is 1. The molecule has 0 unspecified atom stereocenters. The molecule has 1 N–H and O–H groups in total. The van der Waals surface area contributed by atoms with E-state index in [0.29, 0.717) is 5.95 Å². The first-order chi connectivity index (χ1) is 5.70.